The Bertz CT molecular complexity index is 478. The Morgan fingerprint density at radius 2 is 2.05 bits per heavy atom. The summed E-state index contributed by atoms with van der Waals surface area (Å²) < 4.78 is 1.44. The van der Waals surface area contributed by atoms with Crippen molar-refractivity contribution < 1.29 is 9.90 Å². The van der Waals surface area contributed by atoms with Crippen molar-refractivity contribution in [3.05, 3.63) is 11.9 Å². The predicted octanol–water partition coefficient (Wildman–Crippen LogP) is 1.06. The number of amides is 1. The Labute approximate surface area is 119 Å². The second-order valence-corrected chi connectivity index (χ2v) is 6.64. The Hall–Kier alpha value is -1.56. The third kappa shape index (κ3) is 3.12. The molecule has 1 saturated carbocycles. The van der Waals surface area contributed by atoms with Gasteiger partial charge in [0, 0.05) is 13.6 Å². The molecule has 112 valence electrons. The van der Waals surface area contributed by atoms with E-state index in [9.17, 15) is 9.90 Å². The van der Waals surface area contributed by atoms with Gasteiger partial charge < -0.3 is 16.2 Å². The summed E-state index contributed by atoms with van der Waals surface area (Å²) in [6, 6.07) is 0. The summed E-state index contributed by atoms with van der Waals surface area (Å²) in [4.78, 5) is 12.1. The highest BCUT2D eigenvalue weighted by atomic mass is 16.3. The first-order chi connectivity index (χ1) is 9.22. The van der Waals surface area contributed by atoms with Crippen LogP contribution in [0.4, 0.5) is 5.69 Å². The molecule has 1 amide bonds. The smallest absolute Gasteiger partial charge is 0.271 e. The van der Waals surface area contributed by atoms with Crippen LogP contribution in [0.2, 0.25) is 0 Å². The van der Waals surface area contributed by atoms with E-state index in [0.29, 0.717) is 24.2 Å². The second kappa shape index (κ2) is 5.09. The van der Waals surface area contributed by atoms with Crippen molar-refractivity contribution in [2.45, 2.75) is 45.1 Å². The maximum atomic E-state index is 12.1. The zero-order valence-corrected chi connectivity index (χ0v) is 12.4. The van der Waals surface area contributed by atoms with Gasteiger partial charge in [0.15, 0.2) is 0 Å². The van der Waals surface area contributed by atoms with E-state index in [1.54, 1.807) is 7.05 Å². The van der Waals surface area contributed by atoms with Gasteiger partial charge in [-0.15, -0.1) is 0 Å². The van der Waals surface area contributed by atoms with Crippen LogP contribution in [0.5, 0.6) is 0 Å². The second-order valence-electron chi connectivity index (χ2n) is 6.64. The number of nitrogen functional groups attached to an aromatic ring is 1. The molecule has 4 N–H and O–H groups in total. The van der Waals surface area contributed by atoms with Crippen molar-refractivity contribution in [1.29, 1.82) is 0 Å². The van der Waals surface area contributed by atoms with Crippen LogP contribution in [-0.2, 0) is 7.05 Å². The van der Waals surface area contributed by atoms with Crippen molar-refractivity contribution in [1.82, 2.24) is 15.1 Å². The standard InChI is InChI=1S/C14H24N4O2/c1-13(2)4-6-14(20,7-5-13)9-16-12(19)11-10(15)8-17-18(11)3/h8,20H,4-7,9,15H2,1-3H3,(H,16,19). The predicted molar refractivity (Wildman–Crippen MR) is 77.2 cm³/mol. The van der Waals surface area contributed by atoms with Gasteiger partial charge in [0.1, 0.15) is 5.69 Å². The number of aliphatic hydroxyl groups is 1. The number of rotatable bonds is 3. The largest absolute Gasteiger partial charge is 0.396 e. The number of anilines is 1. The van der Waals surface area contributed by atoms with Gasteiger partial charge in [0.05, 0.1) is 17.5 Å². The summed E-state index contributed by atoms with van der Waals surface area (Å²) in [7, 11) is 1.67. The van der Waals surface area contributed by atoms with Crippen molar-refractivity contribution in [3.63, 3.8) is 0 Å². The van der Waals surface area contributed by atoms with Crippen LogP contribution >= 0.6 is 0 Å². The molecular weight excluding hydrogens is 256 g/mol. The van der Waals surface area contributed by atoms with Crippen molar-refractivity contribution in [3.8, 4) is 0 Å². The van der Waals surface area contributed by atoms with Gasteiger partial charge in [-0.3, -0.25) is 9.48 Å². The molecule has 1 aromatic rings. The van der Waals surface area contributed by atoms with E-state index in [4.69, 9.17) is 5.73 Å². The first-order valence-electron chi connectivity index (χ1n) is 7.01. The molecule has 0 radical (unpaired) electrons. The monoisotopic (exact) mass is 280 g/mol. The number of carbonyl (C=O) groups is 1. The molecule has 1 aromatic heterocycles. The van der Waals surface area contributed by atoms with Crippen LogP contribution in [0.25, 0.3) is 0 Å². The number of hydrogen-bond donors (Lipinski definition) is 3. The summed E-state index contributed by atoms with van der Waals surface area (Å²) in [5.74, 6) is -0.291. The molecule has 0 saturated heterocycles. The van der Waals surface area contributed by atoms with E-state index in [1.807, 2.05) is 0 Å². The van der Waals surface area contributed by atoms with Gasteiger partial charge >= 0.3 is 0 Å². The summed E-state index contributed by atoms with van der Waals surface area (Å²) in [5.41, 5.74) is 5.87. The maximum absolute atomic E-state index is 12.1. The van der Waals surface area contributed by atoms with Gasteiger partial charge in [0.2, 0.25) is 0 Å². The highest BCUT2D eigenvalue weighted by Gasteiger charge is 2.37. The first kappa shape index (κ1) is 14.8. The minimum absolute atomic E-state index is 0.256. The lowest BCUT2D eigenvalue weighted by molar-refractivity contribution is -0.0233. The lowest BCUT2D eigenvalue weighted by Crippen LogP contribution is -2.46. The molecule has 1 aliphatic rings. The molecule has 2 rings (SSSR count). The van der Waals surface area contributed by atoms with Gasteiger partial charge in [-0.2, -0.15) is 5.10 Å². The van der Waals surface area contributed by atoms with Crippen LogP contribution in [0, 0.1) is 5.41 Å². The lowest BCUT2D eigenvalue weighted by Gasteiger charge is -2.40. The fourth-order valence-electron chi connectivity index (χ4n) is 2.63. The van der Waals surface area contributed by atoms with Crippen molar-refractivity contribution in [2.75, 3.05) is 12.3 Å². The summed E-state index contributed by atoms with van der Waals surface area (Å²) in [6.45, 7) is 4.68. The molecule has 1 aliphatic carbocycles. The number of hydrogen-bond acceptors (Lipinski definition) is 4. The van der Waals surface area contributed by atoms with Crippen LogP contribution in [0.3, 0.4) is 0 Å². The van der Waals surface area contributed by atoms with Crippen molar-refractivity contribution in [2.24, 2.45) is 12.5 Å². The van der Waals surface area contributed by atoms with Gasteiger partial charge in [-0.05, 0) is 31.1 Å². The topological polar surface area (TPSA) is 93.2 Å². The average molecular weight is 280 g/mol. The molecule has 0 aliphatic heterocycles. The third-order valence-electron chi connectivity index (χ3n) is 4.29. The molecule has 0 unspecified atom stereocenters. The minimum Gasteiger partial charge on any atom is -0.396 e. The highest BCUT2D eigenvalue weighted by molar-refractivity contribution is 5.97. The van der Waals surface area contributed by atoms with Crippen LogP contribution < -0.4 is 11.1 Å². The van der Waals surface area contributed by atoms with Gasteiger partial charge in [-0.25, -0.2) is 0 Å². The molecule has 6 nitrogen and oxygen atoms in total. The number of nitrogens with one attached hydrogen (secondary N) is 1. The van der Waals surface area contributed by atoms with E-state index in [0.717, 1.165) is 12.8 Å². The number of aryl methyl sites for hydroxylation is 1. The fourth-order valence-corrected chi connectivity index (χ4v) is 2.63. The normalized spacial score (nSPS) is 20.6. The molecule has 0 spiro atoms. The summed E-state index contributed by atoms with van der Waals surface area (Å²) in [5, 5.41) is 17.2. The van der Waals surface area contributed by atoms with E-state index >= 15 is 0 Å². The first-order valence-corrected chi connectivity index (χ1v) is 7.01. The Morgan fingerprint density at radius 1 is 1.45 bits per heavy atom. The van der Waals surface area contributed by atoms with Crippen LogP contribution in [0.1, 0.15) is 50.0 Å². The molecule has 0 bridgehead atoms. The molecule has 0 atom stereocenters. The SMILES string of the molecule is Cn1ncc(N)c1C(=O)NCC1(O)CCC(C)(C)CC1. The Balaban J connectivity index is 1.94. The van der Waals surface area contributed by atoms with Gasteiger partial charge in [-0.1, -0.05) is 13.8 Å². The summed E-state index contributed by atoms with van der Waals surface area (Å²) in [6.07, 6.45) is 4.80. The lowest BCUT2D eigenvalue weighted by atomic mass is 9.71. The Morgan fingerprint density at radius 3 is 2.55 bits per heavy atom. The van der Waals surface area contributed by atoms with E-state index in [-0.39, 0.29) is 17.9 Å². The average Bonchev–Trinajstić information content (AvgIpc) is 2.71. The van der Waals surface area contributed by atoms with E-state index in [1.165, 1.54) is 10.9 Å². The molecule has 1 heterocycles. The number of carbonyl (C=O) groups excluding carboxylic acids is 1. The minimum atomic E-state index is -0.807. The fraction of sp³-hybridized carbons (Fsp3) is 0.714. The molecule has 0 aromatic carbocycles. The van der Waals surface area contributed by atoms with E-state index in [2.05, 4.69) is 24.3 Å². The van der Waals surface area contributed by atoms with Crippen molar-refractivity contribution >= 4 is 11.6 Å². The summed E-state index contributed by atoms with van der Waals surface area (Å²) >= 11 is 0. The quantitative estimate of drug-likeness (QED) is 0.772. The van der Waals surface area contributed by atoms with Crippen LogP contribution in [-0.4, -0.2) is 32.9 Å². The third-order valence-corrected chi connectivity index (χ3v) is 4.29. The molecule has 1 fully saturated rings. The number of aromatic nitrogens is 2. The zero-order chi connectivity index (χ0) is 15.0. The highest BCUT2D eigenvalue weighted by Crippen LogP contribution is 2.39. The molecule has 6 heteroatoms. The van der Waals surface area contributed by atoms with Gasteiger partial charge in [0.25, 0.3) is 5.91 Å². The number of nitrogens with zero attached hydrogens (tertiary/aromatic N) is 2. The maximum Gasteiger partial charge on any atom is 0.271 e. The van der Waals surface area contributed by atoms with E-state index < -0.39 is 5.60 Å². The number of nitrogens with two attached hydrogens (primary N) is 1. The molecular formula is C14H24N4O2. The Kier molecular flexibility index (Phi) is 3.77. The zero-order valence-electron chi connectivity index (χ0n) is 12.4. The molecule has 20 heavy (non-hydrogen) atoms. The van der Waals surface area contributed by atoms with Crippen LogP contribution in [0.15, 0.2) is 6.20 Å².